The smallest absolute Gasteiger partial charge is 0.314 e. The Morgan fingerprint density at radius 2 is 1.92 bits per heavy atom. The Hall–Kier alpha value is -2.35. The first-order valence-corrected chi connectivity index (χ1v) is 9.07. The van der Waals surface area contributed by atoms with Crippen LogP contribution >= 0.6 is 0 Å². The van der Waals surface area contributed by atoms with Gasteiger partial charge in [0.2, 0.25) is 0 Å². The topological polar surface area (TPSA) is 26.3 Å². The van der Waals surface area contributed by atoms with E-state index in [0.29, 0.717) is 0 Å². The van der Waals surface area contributed by atoms with Gasteiger partial charge < -0.3 is 4.74 Å². The highest BCUT2D eigenvalue weighted by Crippen LogP contribution is 2.46. The SMILES string of the molecule is CC(C)(C)OC(=O)C1CC2=C(C=CCC2)c2ccc3ccccc3c21. The van der Waals surface area contributed by atoms with Crippen LogP contribution in [-0.2, 0) is 9.53 Å². The molecule has 2 aromatic carbocycles. The van der Waals surface area contributed by atoms with Gasteiger partial charge in [0.05, 0.1) is 5.92 Å². The molecule has 0 saturated carbocycles. The van der Waals surface area contributed by atoms with E-state index < -0.39 is 5.60 Å². The summed E-state index contributed by atoms with van der Waals surface area (Å²) in [6.07, 6.45) is 7.35. The Labute approximate surface area is 149 Å². The van der Waals surface area contributed by atoms with Gasteiger partial charge in [0.1, 0.15) is 5.60 Å². The Morgan fingerprint density at radius 3 is 2.72 bits per heavy atom. The van der Waals surface area contributed by atoms with Crippen molar-refractivity contribution in [1.82, 2.24) is 0 Å². The number of ether oxygens (including phenoxy) is 1. The summed E-state index contributed by atoms with van der Waals surface area (Å²) in [6.45, 7) is 5.81. The van der Waals surface area contributed by atoms with Gasteiger partial charge in [0, 0.05) is 0 Å². The van der Waals surface area contributed by atoms with E-state index >= 15 is 0 Å². The molecule has 4 rings (SSSR count). The summed E-state index contributed by atoms with van der Waals surface area (Å²) in [6, 6.07) is 12.7. The zero-order valence-corrected chi connectivity index (χ0v) is 15.1. The third-order valence-corrected chi connectivity index (χ3v) is 5.03. The summed E-state index contributed by atoms with van der Waals surface area (Å²) in [5, 5.41) is 2.35. The van der Waals surface area contributed by atoms with Crippen molar-refractivity contribution in [2.75, 3.05) is 0 Å². The summed E-state index contributed by atoms with van der Waals surface area (Å²) >= 11 is 0. The number of carbonyl (C=O) groups excluding carboxylic acids is 1. The van der Waals surface area contributed by atoms with Crippen molar-refractivity contribution in [2.24, 2.45) is 0 Å². The molecule has 128 valence electrons. The Morgan fingerprint density at radius 1 is 1.12 bits per heavy atom. The molecular weight excluding hydrogens is 308 g/mol. The molecule has 2 aliphatic rings. The van der Waals surface area contributed by atoms with E-state index in [0.717, 1.165) is 24.8 Å². The van der Waals surface area contributed by atoms with Gasteiger partial charge in [0.15, 0.2) is 0 Å². The van der Waals surface area contributed by atoms with Gasteiger partial charge in [-0.15, -0.1) is 0 Å². The van der Waals surface area contributed by atoms with Crippen LogP contribution in [0.2, 0.25) is 0 Å². The molecule has 0 bridgehead atoms. The minimum atomic E-state index is -0.469. The zero-order chi connectivity index (χ0) is 17.6. The van der Waals surface area contributed by atoms with Gasteiger partial charge in [-0.2, -0.15) is 0 Å². The quantitative estimate of drug-likeness (QED) is 0.619. The Bertz CT molecular complexity index is 909. The van der Waals surface area contributed by atoms with Crippen LogP contribution in [0.5, 0.6) is 0 Å². The van der Waals surface area contributed by atoms with Crippen molar-refractivity contribution in [2.45, 2.75) is 51.6 Å². The molecule has 0 N–H and O–H groups in total. The molecule has 2 aromatic rings. The molecule has 0 aliphatic heterocycles. The number of benzene rings is 2. The molecule has 0 spiro atoms. The van der Waals surface area contributed by atoms with Crippen molar-refractivity contribution in [3.63, 3.8) is 0 Å². The van der Waals surface area contributed by atoms with Crippen LogP contribution in [0.1, 0.15) is 57.1 Å². The zero-order valence-electron chi connectivity index (χ0n) is 15.1. The summed E-state index contributed by atoms with van der Waals surface area (Å²) < 4.78 is 5.78. The fourth-order valence-corrected chi connectivity index (χ4v) is 4.03. The average molecular weight is 332 g/mol. The van der Waals surface area contributed by atoms with Gasteiger partial charge >= 0.3 is 5.97 Å². The molecule has 0 radical (unpaired) electrons. The first-order valence-electron chi connectivity index (χ1n) is 9.07. The van der Waals surface area contributed by atoms with Crippen molar-refractivity contribution in [3.8, 4) is 0 Å². The number of hydrogen-bond donors (Lipinski definition) is 0. The standard InChI is InChI=1S/C23H24O2/c1-23(2,3)25-22(24)20-14-16-9-5-6-10-17(16)19-13-12-15-8-4-7-11-18(15)21(19)20/h4,6-8,10-13,20H,5,9,14H2,1-3H3. The number of rotatable bonds is 1. The largest absolute Gasteiger partial charge is 0.459 e. The van der Waals surface area contributed by atoms with Crippen molar-refractivity contribution in [1.29, 1.82) is 0 Å². The Balaban J connectivity index is 1.92. The molecule has 0 amide bonds. The molecule has 2 heteroatoms. The van der Waals surface area contributed by atoms with Gasteiger partial charge in [-0.3, -0.25) is 4.79 Å². The fourth-order valence-electron chi connectivity index (χ4n) is 4.03. The monoisotopic (exact) mass is 332 g/mol. The van der Waals surface area contributed by atoms with Crippen LogP contribution in [0, 0.1) is 0 Å². The molecule has 1 unspecified atom stereocenters. The molecule has 25 heavy (non-hydrogen) atoms. The average Bonchev–Trinajstić information content (AvgIpc) is 2.59. The number of carbonyl (C=O) groups is 1. The van der Waals surface area contributed by atoms with Gasteiger partial charge in [-0.05, 0) is 67.5 Å². The third-order valence-electron chi connectivity index (χ3n) is 5.03. The second-order valence-electron chi connectivity index (χ2n) is 8.00. The first kappa shape index (κ1) is 16.1. The Kier molecular flexibility index (Phi) is 3.79. The van der Waals surface area contributed by atoms with Crippen molar-refractivity contribution < 1.29 is 9.53 Å². The van der Waals surface area contributed by atoms with Crippen molar-refractivity contribution in [3.05, 3.63) is 65.3 Å². The highest BCUT2D eigenvalue weighted by Gasteiger charge is 2.35. The molecule has 2 aliphatic carbocycles. The lowest BCUT2D eigenvalue weighted by molar-refractivity contribution is -0.156. The molecule has 0 aromatic heterocycles. The summed E-state index contributed by atoms with van der Waals surface area (Å²) in [5.74, 6) is -0.322. The summed E-state index contributed by atoms with van der Waals surface area (Å²) in [5.41, 5.74) is 4.57. The first-order chi connectivity index (χ1) is 11.9. The van der Waals surface area contributed by atoms with Crippen LogP contribution in [0.4, 0.5) is 0 Å². The van der Waals surface area contributed by atoms with Crippen LogP contribution in [0.25, 0.3) is 16.3 Å². The van der Waals surface area contributed by atoms with Gasteiger partial charge in [0.25, 0.3) is 0 Å². The predicted octanol–water partition coefficient (Wildman–Crippen LogP) is 5.77. The fraction of sp³-hybridized carbons (Fsp3) is 0.348. The summed E-state index contributed by atoms with van der Waals surface area (Å²) in [4.78, 5) is 13.0. The molecular formula is C23H24O2. The number of hydrogen-bond acceptors (Lipinski definition) is 2. The van der Waals surface area contributed by atoms with Crippen LogP contribution in [0.15, 0.2) is 54.1 Å². The molecule has 1 atom stereocenters. The minimum Gasteiger partial charge on any atom is -0.459 e. The van der Waals surface area contributed by atoms with E-state index in [1.807, 2.05) is 26.8 Å². The van der Waals surface area contributed by atoms with Gasteiger partial charge in [-0.1, -0.05) is 54.1 Å². The van der Waals surface area contributed by atoms with E-state index in [2.05, 4.69) is 42.5 Å². The maximum Gasteiger partial charge on any atom is 0.314 e. The lowest BCUT2D eigenvalue weighted by Gasteiger charge is -2.32. The summed E-state index contributed by atoms with van der Waals surface area (Å²) in [7, 11) is 0. The van der Waals surface area contributed by atoms with E-state index in [-0.39, 0.29) is 11.9 Å². The second-order valence-corrected chi connectivity index (χ2v) is 8.00. The molecule has 0 fully saturated rings. The minimum absolute atomic E-state index is 0.105. The van der Waals surface area contributed by atoms with Crippen LogP contribution < -0.4 is 0 Å². The lowest BCUT2D eigenvalue weighted by Crippen LogP contribution is -2.30. The molecule has 2 nitrogen and oxygen atoms in total. The molecule has 0 saturated heterocycles. The van der Waals surface area contributed by atoms with E-state index in [1.54, 1.807) is 0 Å². The molecule has 0 heterocycles. The maximum atomic E-state index is 13.0. The van der Waals surface area contributed by atoms with Crippen LogP contribution in [0.3, 0.4) is 0 Å². The van der Waals surface area contributed by atoms with E-state index in [1.165, 1.54) is 27.5 Å². The highest BCUT2D eigenvalue weighted by molar-refractivity contribution is 5.99. The van der Waals surface area contributed by atoms with E-state index in [9.17, 15) is 4.79 Å². The van der Waals surface area contributed by atoms with E-state index in [4.69, 9.17) is 4.74 Å². The number of esters is 1. The van der Waals surface area contributed by atoms with Gasteiger partial charge in [-0.25, -0.2) is 0 Å². The maximum absolute atomic E-state index is 13.0. The van der Waals surface area contributed by atoms with Crippen LogP contribution in [-0.4, -0.2) is 11.6 Å². The second kappa shape index (κ2) is 5.87. The van der Waals surface area contributed by atoms with Crippen molar-refractivity contribution >= 4 is 22.3 Å². The highest BCUT2D eigenvalue weighted by atomic mass is 16.6. The third kappa shape index (κ3) is 2.90. The normalized spacial score (nSPS) is 19.6. The number of allylic oxidation sites excluding steroid dienone is 4. The number of fused-ring (bicyclic) bond motifs is 4. The lowest BCUT2D eigenvalue weighted by atomic mass is 9.74. The predicted molar refractivity (Wildman–Crippen MR) is 102 cm³/mol.